The molecule has 1 N–H and O–H groups in total. The van der Waals surface area contributed by atoms with Crippen molar-refractivity contribution in [1.82, 2.24) is 20.4 Å². The van der Waals surface area contributed by atoms with E-state index < -0.39 is 0 Å². The van der Waals surface area contributed by atoms with Gasteiger partial charge in [0.05, 0.1) is 11.1 Å². The maximum absolute atomic E-state index is 5.40. The summed E-state index contributed by atoms with van der Waals surface area (Å²) in [5, 5.41) is 8.32. The summed E-state index contributed by atoms with van der Waals surface area (Å²) in [5.41, 5.74) is 2.98. The van der Waals surface area contributed by atoms with Crippen LogP contribution in [-0.2, 0) is 6.42 Å². The van der Waals surface area contributed by atoms with Gasteiger partial charge in [0.2, 0.25) is 0 Å². The number of fused-ring (bicyclic) bond motifs is 1. The van der Waals surface area contributed by atoms with Crippen LogP contribution in [-0.4, -0.2) is 28.2 Å². The highest BCUT2D eigenvalue weighted by molar-refractivity contribution is 5.86. The van der Waals surface area contributed by atoms with Crippen LogP contribution in [0, 0.1) is 6.92 Å². The van der Waals surface area contributed by atoms with Crippen molar-refractivity contribution >= 4 is 10.9 Å². The van der Waals surface area contributed by atoms with Gasteiger partial charge in [-0.25, -0.2) is 0 Å². The van der Waals surface area contributed by atoms with Crippen LogP contribution in [0.25, 0.3) is 22.4 Å². The Morgan fingerprint density at radius 3 is 2.90 bits per heavy atom. The van der Waals surface area contributed by atoms with E-state index in [1.54, 1.807) is 6.20 Å². The van der Waals surface area contributed by atoms with E-state index in [1.807, 2.05) is 25.2 Å². The third-order valence-electron chi connectivity index (χ3n) is 3.72. The summed E-state index contributed by atoms with van der Waals surface area (Å²) in [6, 6.07) is 8.36. The van der Waals surface area contributed by atoms with Gasteiger partial charge in [-0.05, 0) is 32.5 Å². The molecule has 3 rings (SSSR count). The van der Waals surface area contributed by atoms with Gasteiger partial charge in [0.25, 0.3) is 5.89 Å². The number of para-hydroxylation sites is 1. The van der Waals surface area contributed by atoms with Gasteiger partial charge in [-0.3, -0.25) is 4.98 Å². The molecule has 0 bridgehead atoms. The third kappa shape index (κ3) is 2.64. The van der Waals surface area contributed by atoms with Crippen molar-refractivity contribution in [3.63, 3.8) is 0 Å². The third-order valence-corrected chi connectivity index (χ3v) is 3.72. The maximum atomic E-state index is 5.40. The molecule has 21 heavy (non-hydrogen) atoms. The summed E-state index contributed by atoms with van der Waals surface area (Å²) in [7, 11) is 1.92. The molecule has 108 valence electrons. The molecule has 2 aromatic heterocycles. The van der Waals surface area contributed by atoms with Gasteiger partial charge in [0.15, 0.2) is 5.82 Å². The van der Waals surface area contributed by atoms with Crippen LogP contribution in [0.2, 0.25) is 0 Å². The second-order valence-electron chi connectivity index (χ2n) is 5.22. The number of benzene rings is 1. The van der Waals surface area contributed by atoms with E-state index in [-0.39, 0.29) is 0 Å². The number of nitrogens with one attached hydrogen (secondary N) is 1. The van der Waals surface area contributed by atoms with Crippen LogP contribution in [0.1, 0.15) is 18.3 Å². The van der Waals surface area contributed by atoms with Gasteiger partial charge in [-0.15, -0.1) is 0 Å². The molecule has 0 aliphatic carbocycles. The second-order valence-corrected chi connectivity index (χ2v) is 5.22. The van der Waals surface area contributed by atoms with Crippen molar-refractivity contribution in [2.75, 3.05) is 7.05 Å². The number of hydrogen-bond donors (Lipinski definition) is 1. The van der Waals surface area contributed by atoms with Crippen molar-refractivity contribution < 1.29 is 4.52 Å². The number of aromatic nitrogens is 3. The zero-order valence-electron chi connectivity index (χ0n) is 12.4. The van der Waals surface area contributed by atoms with Crippen molar-refractivity contribution in [3.8, 4) is 11.5 Å². The number of pyridine rings is 1. The van der Waals surface area contributed by atoms with Crippen LogP contribution in [0.4, 0.5) is 0 Å². The first-order chi connectivity index (χ1) is 10.2. The minimum Gasteiger partial charge on any atom is -0.334 e. The molecule has 0 spiro atoms. The molecule has 1 atom stereocenters. The van der Waals surface area contributed by atoms with E-state index in [0.717, 1.165) is 28.5 Å². The summed E-state index contributed by atoms with van der Waals surface area (Å²) >= 11 is 0. The van der Waals surface area contributed by atoms with E-state index in [4.69, 9.17) is 4.52 Å². The predicted molar refractivity (Wildman–Crippen MR) is 82.0 cm³/mol. The fourth-order valence-corrected chi connectivity index (χ4v) is 2.32. The minimum absolute atomic E-state index is 0.311. The maximum Gasteiger partial charge on any atom is 0.259 e. The van der Waals surface area contributed by atoms with Crippen LogP contribution < -0.4 is 5.32 Å². The smallest absolute Gasteiger partial charge is 0.259 e. The summed E-state index contributed by atoms with van der Waals surface area (Å²) in [4.78, 5) is 8.94. The molecule has 1 aromatic carbocycles. The molecular formula is C16H18N4O. The zero-order chi connectivity index (χ0) is 14.8. The lowest BCUT2D eigenvalue weighted by molar-refractivity contribution is 0.418. The Kier molecular flexibility index (Phi) is 3.66. The first-order valence-electron chi connectivity index (χ1n) is 7.03. The van der Waals surface area contributed by atoms with Gasteiger partial charge < -0.3 is 9.84 Å². The number of aryl methyl sites for hydroxylation is 1. The first kappa shape index (κ1) is 13.7. The lowest BCUT2D eigenvalue weighted by Crippen LogP contribution is -2.24. The Balaban J connectivity index is 1.99. The molecule has 3 aromatic rings. The minimum atomic E-state index is 0.311. The van der Waals surface area contributed by atoms with Gasteiger partial charge in [-0.1, -0.05) is 23.4 Å². The largest absolute Gasteiger partial charge is 0.334 e. The predicted octanol–water partition coefficient (Wildman–Crippen LogP) is 2.74. The fourth-order valence-electron chi connectivity index (χ4n) is 2.32. The molecule has 0 radical (unpaired) electrons. The fraction of sp³-hybridized carbons (Fsp3) is 0.312. The molecular weight excluding hydrogens is 264 g/mol. The van der Waals surface area contributed by atoms with Crippen LogP contribution >= 0.6 is 0 Å². The normalized spacial score (nSPS) is 12.7. The van der Waals surface area contributed by atoms with Crippen molar-refractivity contribution in [2.45, 2.75) is 26.3 Å². The van der Waals surface area contributed by atoms with E-state index in [0.29, 0.717) is 17.8 Å². The van der Waals surface area contributed by atoms with Crippen LogP contribution in [0.5, 0.6) is 0 Å². The summed E-state index contributed by atoms with van der Waals surface area (Å²) in [6.07, 6.45) is 2.54. The molecule has 0 fully saturated rings. The van der Waals surface area contributed by atoms with Crippen LogP contribution in [0.15, 0.2) is 35.0 Å². The lowest BCUT2D eigenvalue weighted by Gasteiger charge is -2.05. The van der Waals surface area contributed by atoms with E-state index in [9.17, 15) is 0 Å². The molecule has 2 heterocycles. The van der Waals surface area contributed by atoms with Gasteiger partial charge in [0.1, 0.15) is 0 Å². The monoisotopic (exact) mass is 282 g/mol. The van der Waals surface area contributed by atoms with Gasteiger partial charge in [-0.2, -0.15) is 4.98 Å². The highest BCUT2D eigenvalue weighted by Crippen LogP contribution is 2.26. The molecule has 0 saturated carbocycles. The van der Waals surface area contributed by atoms with Crippen molar-refractivity contribution in [3.05, 3.63) is 41.9 Å². The molecule has 5 nitrogen and oxygen atoms in total. The molecule has 1 unspecified atom stereocenters. The SMILES string of the molecule is CNC(C)Cc1noc(-c2cnc3ccccc3c2C)n1. The van der Waals surface area contributed by atoms with Crippen LogP contribution in [0.3, 0.4) is 0 Å². The van der Waals surface area contributed by atoms with E-state index in [2.05, 4.69) is 40.4 Å². The Labute approximate surface area is 123 Å². The highest BCUT2D eigenvalue weighted by Gasteiger charge is 2.14. The average Bonchev–Trinajstić information content (AvgIpc) is 2.96. The molecule has 0 aliphatic rings. The molecule has 5 heteroatoms. The van der Waals surface area contributed by atoms with Gasteiger partial charge >= 0.3 is 0 Å². The van der Waals surface area contributed by atoms with E-state index >= 15 is 0 Å². The second kappa shape index (κ2) is 5.61. The summed E-state index contributed by atoms with van der Waals surface area (Å²) in [6.45, 7) is 4.14. The van der Waals surface area contributed by atoms with Crippen molar-refractivity contribution in [2.24, 2.45) is 0 Å². The first-order valence-corrected chi connectivity index (χ1v) is 7.03. The van der Waals surface area contributed by atoms with Crippen molar-refractivity contribution in [1.29, 1.82) is 0 Å². The lowest BCUT2D eigenvalue weighted by atomic mass is 10.1. The zero-order valence-corrected chi connectivity index (χ0v) is 12.4. The molecule has 0 saturated heterocycles. The van der Waals surface area contributed by atoms with Gasteiger partial charge in [0, 0.05) is 24.0 Å². The summed E-state index contributed by atoms with van der Waals surface area (Å²) in [5.74, 6) is 1.24. The average molecular weight is 282 g/mol. The number of likely N-dealkylation sites (N-methyl/N-ethyl adjacent to an activating group) is 1. The standard InChI is InChI=1S/C16H18N4O/c1-10(17-3)8-15-19-16(21-20-15)13-9-18-14-7-5-4-6-12(14)11(13)2/h4-7,9-10,17H,8H2,1-3H3. The topological polar surface area (TPSA) is 63.8 Å². The number of nitrogens with zero attached hydrogens (tertiary/aromatic N) is 3. The number of rotatable bonds is 4. The Morgan fingerprint density at radius 2 is 2.10 bits per heavy atom. The Bertz CT molecular complexity index is 766. The Morgan fingerprint density at radius 1 is 1.29 bits per heavy atom. The Hall–Kier alpha value is -2.27. The highest BCUT2D eigenvalue weighted by atomic mass is 16.5. The quantitative estimate of drug-likeness (QED) is 0.797. The summed E-state index contributed by atoms with van der Waals surface area (Å²) < 4.78 is 5.40. The molecule has 0 aliphatic heterocycles. The molecule has 0 amide bonds. The van der Waals surface area contributed by atoms with E-state index in [1.165, 1.54) is 0 Å². The number of hydrogen-bond acceptors (Lipinski definition) is 5.